The average molecular weight is 290 g/mol. The molecule has 0 aliphatic heterocycles. The monoisotopic (exact) mass is 289 g/mol. The van der Waals surface area contributed by atoms with E-state index < -0.39 is 0 Å². The highest BCUT2D eigenvalue weighted by molar-refractivity contribution is 7.16. The van der Waals surface area contributed by atoms with Crippen molar-refractivity contribution in [1.29, 1.82) is 0 Å². The third-order valence-corrected chi connectivity index (χ3v) is 4.03. The number of rotatable bonds is 4. The van der Waals surface area contributed by atoms with Crippen LogP contribution < -0.4 is 0 Å². The summed E-state index contributed by atoms with van der Waals surface area (Å²) < 4.78 is 2.78. The van der Waals surface area contributed by atoms with Crippen LogP contribution in [-0.4, -0.2) is 14.8 Å². The molecule has 17 heavy (non-hydrogen) atoms. The fourth-order valence-corrected chi connectivity index (χ4v) is 2.92. The summed E-state index contributed by atoms with van der Waals surface area (Å²) in [5.74, 6) is 1.25. The molecule has 0 radical (unpaired) electrons. The Morgan fingerprint density at radius 2 is 2.06 bits per heavy atom. The van der Waals surface area contributed by atoms with E-state index in [1.807, 2.05) is 16.7 Å². The molecule has 0 unspecified atom stereocenters. The smallest absolute Gasteiger partial charge is 0.225 e. The summed E-state index contributed by atoms with van der Waals surface area (Å²) in [6.45, 7) is 4.95. The third-order valence-electron chi connectivity index (χ3n) is 2.46. The van der Waals surface area contributed by atoms with Crippen molar-refractivity contribution in [2.75, 3.05) is 0 Å². The quantitative estimate of drug-likeness (QED) is 0.851. The summed E-state index contributed by atoms with van der Waals surface area (Å²) in [6.07, 6.45) is 0.898. The zero-order valence-corrected chi connectivity index (χ0v) is 12.0. The van der Waals surface area contributed by atoms with Crippen LogP contribution >= 0.6 is 34.5 Å². The van der Waals surface area contributed by atoms with Gasteiger partial charge in [-0.25, -0.2) is 0 Å². The molecule has 0 amide bonds. The minimum atomic E-state index is 0.321. The lowest BCUT2D eigenvalue weighted by Crippen LogP contribution is -2.07. The van der Waals surface area contributed by atoms with E-state index in [9.17, 15) is 0 Å². The highest BCUT2D eigenvalue weighted by Gasteiger charge is 2.13. The molecular formula is C11H13Cl2N3S. The molecule has 0 N–H and O–H groups in total. The molecule has 92 valence electrons. The summed E-state index contributed by atoms with van der Waals surface area (Å²) in [5, 5.41) is 8.46. The number of nitrogens with zero attached hydrogens (tertiary/aromatic N) is 3. The number of thiophene rings is 1. The lowest BCUT2D eigenvalue weighted by molar-refractivity contribution is 0.623. The van der Waals surface area contributed by atoms with Crippen molar-refractivity contribution in [2.45, 2.75) is 32.7 Å². The highest BCUT2D eigenvalue weighted by Crippen LogP contribution is 2.23. The molecular weight excluding hydrogens is 277 g/mol. The van der Waals surface area contributed by atoms with E-state index in [1.165, 1.54) is 4.88 Å². The lowest BCUT2D eigenvalue weighted by Gasteiger charge is -2.08. The molecule has 2 aromatic heterocycles. The first kappa shape index (κ1) is 12.9. The zero-order chi connectivity index (χ0) is 12.4. The molecule has 0 bridgehead atoms. The maximum absolute atomic E-state index is 6.03. The van der Waals surface area contributed by atoms with E-state index in [1.54, 1.807) is 11.3 Å². The van der Waals surface area contributed by atoms with Crippen LogP contribution in [-0.2, 0) is 13.0 Å². The van der Waals surface area contributed by atoms with E-state index in [0.29, 0.717) is 11.2 Å². The summed E-state index contributed by atoms with van der Waals surface area (Å²) in [5.41, 5.74) is 0. The van der Waals surface area contributed by atoms with Crippen LogP contribution in [0.25, 0.3) is 0 Å². The Labute approximate surface area is 114 Å². The predicted octanol–water partition coefficient (Wildman–Crippen LogP) is 4.01. The molecule has 2 aromatic rings. The average Bonchev–Trinajstić information content (AvgIpc) is 2.82. The van der Waals surface area contributed by atoms with Crippen LogP contribution in [0.2, 0.25) is 9.62 Å². The molecule has 2 heterocycles. The Morgan fingerprint density at radius 1 is 1.29 bits per heavy atom. The Balaban J connectivity index is 2.10. The van der Waals surface area contributed by atoms with E-state index >= 15 is 0 Å². The molecule has 0 aliphatic carbocycles. The molecule has 6 heteroatoms. The van der Waals surface area contributed by atoms with Gasteiger partial charge >= 0.3 is 0 Å². The van der Waals surface area contributed by atoms with E-state index in [2.05, 4.69) is 24.0 Å². The lowest BCUT2D eigenvalue weighted by atomic mass is 10.2. The maximum atomic E-state index is 6.03. The van der Waals surface area contributed by atoms with Gasteiger partial charge in [-0.1, -0.05) is 25.4 Å². The molecule has 0 spiro atoms. The second-order valence-corrected chi connectivity index (χ2v) is 6.23. The molecule has 0 aliphatic rings. The highest BCUT2D eigenvalue weighted by atomic mass is 35.5. The van der Waals surface area contributed by atoms with Crippen molar-refractivity contribution in [3.05, 3.63) is 32.5 Å². The standard InChI is InChI=1S/C11H13Cl2N3S/c1-7(2)10-14-15-11(13)16(10)6-5-8-3-4-9(12)17-8/h3-4,7H,5-6H2,1-2H3. The van der Waals surface area contributed by atoms with Gasteiger partial charge in [0.15, 0.2) is 0 Å². The molecule has 0 fully saturated rings. The van der Waals surface area contributed by atoms with E-state index in [0.717, 1.165) is 23.1 Å². The van der Waals surface area contributed by atoms with Gasteiger partial charge in [-0.2, -0.15) is 0 Å². The zero-order valence-electron chi connectivity index (χ0n) is 9.65. The van der Waals surface area contributed by atoms with E-state index in [4.69, 9.17) is 23.2 Å². The normalized spacial score (nSPS) is 11.4. The van der Waals surface area contributed by atoms with Crippen LogP contribution in [0.3, 0.4) is 0 Å². The van der Waals surface area contributed by atoms with Gasteiger partial charge in [-0.15, -0.1) is 21.5 Å². The number of hydrogen-bond donors (Lipinski definition) is 0. The van der Waals surface area contributed by atoms with Crippen LogP contribution in [0.15, 0.2) is 12.1 Å². The van der Waals surface area contributed by atoms with Crippen LogP contribution in [0.5, 0.6) is 0 Å². The number of hydrogen-bond acceptors (Lipinski definition) is 3. The molecule has 0 atom stereocenters. The van der Waals surface area contributed by atoms with Crippen LogP contribution in [0.4, 0.5) is 0 Å². The summed E-state index contributed by atoms with van der Waals surface area (Å²) in [7, 11) is 0. The molecule has 0 saturated carbocycles. The van der Waals surface area contributed by atoms with Gasteiger partial charge in [-0.05, 0) is 30.2 Å². The Bertz CT molecular complexity index is 505. The second kappa shape index (κ2) is 5.38. The van der Waals surface area contributed by atoms with Gasteiger partial charge in [-0.3, -0.25) is 0 Å². The summed E-state index contributed by atoms with van der Waals surface area (Å²) in [4.78, 5) is 1.24. The van der Waals surface area contributed by atoms with Gasteiger partial charge in [0, 0.05) is 17.3 Å². The Morgan fingerprint density at radius 3 is 2.65 bits per heavy atom. The first-order valence-corrected chi connectivity index (χ1v) is 6.98. The largest absolute Gasteiger partial charge is 0.301 e. The van der Waals surface area contributed by atoms with Gasteiger partial charge in [0.05, 0.1) is 4.34 Å². The van der Waals surface area contributed by atoms with E-state index in [-0.39, 0.29) is 0 Å². The topological polar surface area (TPSA) is 30.7 Å². The van der Waals surface area contributed by atoms with Crippen molar-refractivity contribution in [2.24, 2.45) is 0 Å². The van der Waals surface area contributed by atoms with Crippen molar-refractivity contribution in [3.8, 4) is 0 Å². The Hall–Kier alpha value is -0.580. The molecule has 0 aromatic carbocycles. The SMILES string of the molecule is CC(C)c1nnc(Cl)n1CCc1ccc(Cl)s1. The van der Waals surface area contributed by atoms with Crippen LogP contribution in [0.1, 0.15) is 30.5 Å². The van der Waals surface area contributed by atoms with Gasteiger partial charge in [0.2, 0.25) is 5.28 Å². The number of aromatic nitrogens is 3. The fraction of sp³-hybridized carbons (Fsp3) is 0.455. The summed E-state index contributed by atoms with van der Waals surface area (Å²) >= 11 is 13.5. The number of halogens is 2. The first-order chi connectivity index (χ1) is 8.08. The van der Waals surface area contributed by atoms with Gasteiger partial charge in [0.1, 0.15) is 5.82 Å². The number of aryl methyl sites for hydroxylation is 1. The minimum Gasteiger partial charge on any atom is -0.301 e. The second-order valence-electron chi connectivity index (χ2n) is 4.09. The first-order valence-electron chi connectivity index (χ1n) is 5.40. The predicted molar refractivity (Wildman–Crippen MR) is 72.2 cm³/mol. The van der Waals surface area contributed by atoms with Crippen LogP contribution in [0, 0.1) is 0 Å². The molecule has 3 nitrogen and oxygen atoms in total. The van der Waals surface area contributed by atoms with Gasteiger partial charge < -0.3 is 4.57 Å². The molecule has 2 rings (SSSR count). The van der Waals surface area contributed by atoms with Crippen molar-refractivity contribution in [3.63, 3.8) is 0 Å². The maximum Gasteiger partial charge on any atom is 0.225 e. The van der Waals surface area contributed by atoms with Crippen molar-refractivity contribution >= 4 is 34.5 Å². The Kier molecular flexibility index (Phi) is 4.07. The molecule has 0 saturated heterocycles. The fourth-order valence-electron chi connectivity index (χ4n) is 1.64. The minimum absolute atomic E-state index is 0.321. The van der Waals surface area contributed by atoms with Crippen molar-refractivity contribution < 1.29 is 0 Å². The third kappa shape index (κ3) is 3.00. The van der Waals surface area contributed by atoms with Gasteiger partial charge in [0.25, 0.3) is 0 Å². The summed E-state index contributed by atoms with van der Waals surface area (Å²) in [6, 6.07) is 3.96. The van der Waals surface area contributed by atoms with Crippen molar-refractivity contribution in [1.82, 2.24) is 14.8 Å².